The van der Waals surface area contributed by atoms with Crippen LogP contribution in [-0.2, 0) is 4.43 Å². The van der Waals surface area contributed by atoms with E-state index in [1.54, 1.807) is 24.3 Å². The van der Waals surface area contributed by atoms with Crippen LogP contribution < -0.4 is 5.32 Å². The van der Waals surface area contributed by atoms with Crippen molar-refractivity contribution in [3.05, 3.63) is 35.4 Å². The maximum Gasteiger partial charge on any atom is 0.261 e. The van der Waals surface area contributed by atoms with Crippen molar-refractivity contribution in [2.24, 2.45) is 5.41 Å². The largest absolute Gasteiger partial charge is 0.411 e. The molecular weight excluding hydrogens is 380 g/mol. The van der Waals surface area contributed by atoms with Crippen LogP contribution in [0.2, 0.25) is 18.1 Å². The van der Waals surface area contributed by atoms with Crippen molar-refractivity contribution >= 4 is 20.1 Å². The lowest BCUT2D eigenvalue weighted by molar-refractivity contribution is 0.0549. The number of hydrogen-bond donors (Lipinski definition) is 1. The fraction of sp³-hybridized carbons (Fsp3) is 0.652. The van der Waals surface area contributed by atoms with E-state index < -0.39 is 8.32 Å². The summed E-state index contributed by atoms with van der Waals surface area (Å²) in [6, 6.07) is 7.31. The monoisotopic (exact) mass is 418 g/mol. The van der Waals surface area contributed by atoms with E-state index in [1.807, 2.05) is 0 Å². The third-order valence-electron chi connectivity index (χ3n) is 6.48. The van der Waals surface area contributed by atoms with Gasteiger partial charge in [-0.2, -0.15) is 0 Å². The van der Waals surface area contributed by atoms with Crippen LogP contribution >= 0.6 is 0 Å². The van der Waals surface area contributed by atoms with Gasteiger partial charge < -0.3 is 9.74 Å². The molecule has 0 aliphatic carbocycles. The first kappa shape index (κ1) is 23.8. The van der Waals surface area contributed by atoms with Crippen LogP contribution in [0.4, 0.5) is 0 Å². The molecule has 2 atom stereocenters. The SMILES string of the molecule is CC(NCC(CN1C(=O)c2ccccc2C1=O)O[Si](C)(C)C(C)(C)C)C(C)(C)C. The minimum atomic E-state index is -2.07. The van der Waals surface area contributed by atoms with Crippen LogP contribution in [0.3, 0.4) is 0 Å². The van der Waals surface area contributed by atoms with Crippen molar-refractivity contribution in [1.29, 1.82) is 0 Å². The molecule has 29 heavy (non-hydrogen) atoms. The van der Waals surface area contributed by atoms with Gasteiger partial charge >= 0.3 is 0 Å². The third-order valence-corrected chi connectivity index (χ3v) is 11.0. The fourth-order valence-corrected chi connectivity index (χ4v) is 4.30. The normalized spacial score (nSPS) is 17.5. The maximum absolute atomic E-state index is 12.8. The number of carbonyl (C=O) groups excluding carboxylic acids is 2. The first-order valence-electron chi connectivity index (χ1n) is 10.5. The zero-order chi connectivity index (χ0) is 22.2. The quantitative estimate of drug-likeness (QED) is 0.515. The summed E-state index contributed by atoms with van der Waals surface area (Å²) in [5.74, 6) is -0.448. The van der Waals surface area contributed by atoms with E-state index in [9.17, 15) is 9.59 Å². The Labute approximate surface area is 177 Å². The van der Waals surface area contributed by atoms with Crippen LogP contribution in [0.5, 0.6) is 0 Å². The van der Waals surface area contributed by atoms with Gasteiger partial charge in [0.25, 0.3) is 11.8 Å². The molecule has 1 aromatic carbocycles. The van der Waals surface area contributed by atoms with Crippen molar-refractivity contribution in [1.82, 2.24) is 10.2 Å². The van der Waals surface area contributed by atoms with Crippen molar-refractivity contribution in [2.75, 3.05) is 13.1 Å². The highest BCUT2D eigenvalue weighted by Gasteiger charge is 2.42. The number of rotatable bonds is 7. The van der Waals surface area contributed by atoms with Crippen LogP contribution in [-0.4, -0.2) is 50.3 Å². The summed E-state index contributed by atoms with van der Waals surface area (Å²) in [4.78, 5) is 27.0. The van der Waals surface area contributed by atoms with Crippen molar-refractivity contribution in [3.8, 4) is 0 Å². The molecule has 0 bridgehead atoms. The van der Waals surface area contributed by atoms with E-state index in [2.05, 4.69) is 66.9 Å². The minimum absolute atomic E-state index is 0.0445. The Kier molecular flexibility index (Phi) is 6.82. The second-order valence-corrected chi connectivity index (χ2v) is 15.5. The minimum Gasteiger partial charge on any atom is -0.411 e. The second kappa shape index (κ2) is 8.32. The number of nitrogens with zero attached hydrogens (tertiary/aromatic N) is 1. The predicted molar refractivity (Wildman–Crippen MR) is 121 cm³/mol. The zero-order valence-electron chi connectivity index (χ0n) is 19.6. The standard InChI is InChI=1S/C23H38N2O3Si/c1-16(22(2,3)4)24-14-17(28-29(8,9)23(5,6)7)15-25-20(26)18-12-10-11-13-19(18)21(25)27/h10-13,16-17,24H,14-15H2,1-9H3. The first-order valence-corrected chi connectivity index (χ1v) is 13.4. The molecule has 1 heterocycles. The summed E-state index contributed by atoms with van der Waals surface area (Å²) in [6.45, 7) is 20.6. The molecular formula is C23H38N2O3Si. The molecule has 0 aromatic heterocycles. The fourth-order valence-electron chi connectivity index (χ4n) is 2.96. The molecule has 0 spiro atoms. The van der Waals surface area contributed by atoms with E-state index >= 15 is 0 Å². The van der Waals surface area contributed by atoms with Crippen LogP contribution in [0.1, 0.15) is 69.2 Å². The lowest BCUT2D eigenvalue weighted by Gasteiger charge is -2.40. The van der Waals surface area contributed by atoms with Gasteiger partial charge in [-0.15, -0.1) is 0 Å². The van der Waals surface area contributed by atoms with Gasteiger partial charge in [0.15, 0.2) is 8.32 Å². The van der Waals surface area contributed by atoms with E-state index in [1.165, 1.54) is 4.90 Å². The molecule has 1 aliphatic rings. The van der Waals surface area contributed by atoms with Gasteiger partial charge in [-0.05, 0) is 42.6 Å². The van der Waals surface area contributed by atoms with Gasteiger partial charge in [-0.25, -0.2) is 0 Å². The molecule has 1 aromatic rings. The Morgan fingerprint density at radius 2 is 1.48 bits per heavy atom. The van der Waals surface area contributed by atoms with Crippen molar-refractivity contribution < 1.29 is 14.0 Å². The molecule has 6 heteroatoms. The average Bonchev–Trinajstić information content (AvgIpc) is 2.82. The van der Waals surface area contributed by atoms with Gasteiger partial charge in [-0.3, -0.25) is 14.5 Å². The van der Waals surface area contributed by atoms with E-state index in [0.29, 0.717) is 17.7 Å². The summed E-state index contributed by atoms with van der Waals surface area (Å²) >= 11 is 0. The predicted octanol–water partition coefficient (Wildman–Crippen LogP) is 4.70. The number of hydrogen-bond acceptors (Lipinski definition) is 4. The Bertz CT molecular complexity index is 727. The molecule has 2 rings (SSSR count). The van der Waals surface area contributed by atoms with Gasteiger partial charge in [0.2, 0.25) is 0 Å². The molecule has 162 valence electrons. The molecule has 0 saturated carbocycles. The first-order chi connectivity index (χ1) is 13.1. The van der Waals surface area contributed by atoms with E-state index in [4.69, 9.17) is 4.43 Å². The Morgan fingerprint density at radius 1 is 1.00 bits per heavy atom. The summed E-state index contributed by atoms with van der Waals surface area (Å²) in [7, 11) is -2.07. The number of nitrogens with one attached hydrogen (secondary N) is 1. The van der Waals surface area contributed by atoms with Crippen LogP contribution in [0.25, 0.3) is 0 Å². The van der Waals surface area contributed by atoms with Gasteiger partial charge in [0, 0.05) is 12.6 Å². The Balaban J connectivity index is 2.21. The number of carbonyl (C=O) groups is 2. The van der Waals surface area contributed by atoms with E-state index in [0.717, 1.165) is 0 Å². The smallest absolute Gasteiger partial charge is 0.261 e. The summed E-state index contributed by atoms with van der Waals surface area (Å²) in [5.41, 5.74) is 1.08. The molecule has 0 radical (unpaired) electrons. The van der Waals surface area contributed by atoms with E-state index in [-0.39, 0.29) is 41.0 Å². The van der Waals surface area contributed by atoms with Crippen molar-refractivity contribution in [2.45, 2.75) is 78.7 Å². The van der Waals surface area contributed by atoms with Gasteiger partial charge in [0.1, 0.15) is 0 Å². The Hall–Kier alpha value is -1.50. The number of imide groups is 1. The maximum atomic E-state index is 12.8. The third kappa shape index (κ3) is 5.35. The summed E-state index contributed by atoms with van der Waals surface area (Å²) in [6.07, 6.45) is -0.247. The highest BCUT2D eigenvalue weighted by atomic mass is 28.4. The summed E-state index contributed by atoms with van der Waals surface area (Å²) in [5, 5.41) is 3.61. The van der Waals surface area contributed by atoms with Gasteiger partial charge in [0.05, 0.1) is 23.8 Å². The topological polar surface area (TPSA) is 58.6 Å². The van der Waals surface area contributed by atoms with Crippen LogP contribution in [0, 0.1) is 5.41 Å². The lowest BCUT2D eigenvalue weighted by Crippen LogP contribution is -2.52. The molecule has 5 nitrogen and oxygen atoms in total. The molecule has 1 N–H and O–H groups in total. The Morgan fingerprint density at radius 3 is 1.90 bits per heavy atom. The highest BCUT2D eigenvalue weighted by molar-refractivity contribution is 6.74. The molecule has 0 saturated heterocycles. The van der Waals surface area contributed by atoms with Crippen molar-refractivity contribution in [3.63, 3.8) is 0 Å². The van der Waals surface area contributed by atoms with Crippen LogP contribution in [0.15, 0.2) is 24.3 Å². The van der Waals surface area contributed by atoms with Gasteiger partial charge in [-0.1, -0.05) is 53.7 Å². The lowest BCUT2D eigenvalue weighted by atomic mass is 9.88. The number of amides is 2. The molecule has 2 amide bonds. The molecule has 0 fully saturated rings. The summed E-state index contributed by atoms with van der Waals surface area (Å²) < 4.78 is 6.65. The number of benzene rings is 1. The molecule has 2 unspecified atom stereocenters. The average molecular weight is 419 g/mol. The second-order valence-electron chi connectivity index (χ2n) is 10.8. The molecule has 1 aliphatic heterocycles. The highest BCUT2D eigenvalue weighted by Crippen LogP contribution is 2.37. The zero-order valence-corrected chi connectivity index (χ0v) is 20.6. The number of fused-ring (bicyclic) bond motifs is 1.